The number of halogens is 1. The Morgan fingerprint density at radius 1 is 1.00 bits per heavy atom. The topological polar surface area (TPSA) is 45.2 Å². The lowest BCUT2D eigenvalue weighted by atomic mass is 9.96. The van der Waals surface area contributed by atoms with Gasteiger partial charge in [0.2, 0.25) is 0 Å². The molecule has 0 amide bonds. The molecule has 23 heavy (non-hydrogen) atoms. The number of methoxy groups -OCH3 is 1. The molecule has 0 fully saturated rings. The lowest BCUT2D eigenvalue weighted by Crippen LogP contribution is -1.86. The van der Waals surface area contributed by atoms with Crippen molar-refractivity contribution in [3.8, 4) is 22.6 Å². The first-order valence-corrected chi connectivity index (χ1v) is 8.03. The van der Waals surface area contributed by atoms with Gasteiger partial charge in [0.1, 0.15) is 11.5 Å². The van der Waals surface area contributed by atoms with Crippen molar-refractivity contribution < 1.29 is 9.84 Å². The van der Waals surface area contributed by atoms with Crippen molar-refractivity contribution in [1.82, 2.24) is 4.98 Å². The molecule has 1 aromatic heterocycles. The number of ether oxygens (including phenoxy) is 1. The lowest BCUT2D eigenvalue weighted by molar-refractivity contribution is 0.415. The summed E-state index contributed by atoms with van der Waals surface area (Å²) >= 11 is 3.49. The Kier molecular flexibility index (Phi) is 3.27. The monoisotopic (exact) mass is 367 g/mol. The third kappa shape index (κ3) is 2.26. The largest absolute Gasteiger partial charge is 0.507 e. The van der Waals surface area contributed by atoms with Crippen LogP contribution in [0.4, 0.5) is 0 Å². The summed E-state index contributed by atoms with van der Waals surface area (Å²) in [6.45, 7) is 0. The fourth-order valence-electron chi connectivity index (χ4n) is 3.00. The lowest BCUT2D eigenvalue weighted by Gasteiger charge is -2.10. The van der Waals surface area contributed by atoms with Crippen LogP contribution in [0, 0.1) is 0 Å². The van der Waals surface area contributed by atoms with E-state index in [-0.39, 0.29) is 5.75 Å². The number of hydrogen-bond acceptors (Lipinski definition) is 2. The van der Waals surface area contributed by atoms with E-state index < -0.39 is 0 Å². The first-order valence-electron chi connectivity index (χ1n) is 7.24. The number of rotatable bonds is 2. The van der Waals surface area contributed by atoms with Gasteiger partial charge in [-0.2, -0.15) is 0 Å². The number of aromatic nitrogens is 1. The van der Waals surface area contributed by atoms with E-state index in [2.05, 4.69) is 20.9 Å². The maximum absolute atomic E-state index is 10.5. The molecule has 3 aromatic carbocycles. The van der Waals surface area contributed by atoms with Crippen molar-refractivity contribution in [2.45, 2.75) is 0 Å². The van der Waals surface area contributed by atoms with Gasteiger partial charge in [-0.3, -0.25) is 0 Å². The second kappa shape index (κ2) is 5.32. The molecule has 0 saturated heterocycles. The van der Waals surface area contributed by atoms with Gasteiger partial charge >= 0.3 is 0 Å². The van der Waals surface area contributed by atoms with Gasteiger partial charge in [-0.1, -0.05) is 34.1 Å². The number of hydrogen-bond donors (Lipinski definition) is 2. The summed E-state index contributed by atoms with van der Waals surface area (Å²) < 4.78 is 6.36. The molecule has 2 N–H and O–H groups in total. The van der Waals surface area contributed by atoms with Crippen molar-refractivity contribution in [1.29, 1.82) is 0 Å². The van der Waals surface area contributed by atoms with E-state index in [0.717, 1.165) is 43.0 Å². The van der Waals surface area contributed by atoms with Crippen LogP contribution in [0.25, 0.3) is 32.8 Å². The van der Waals surface area contributed by atoms with Crippen LogP contribution in [0.15, 0.2) is 59.2 Å². The van der Waals surface area contributed by atoms with E-state index in [4.69, 9.17) is 4.74 Å². The van der Waals surface area contributed by atoms with Gasteiger partial charge < -0.3 is 14.8 Å². The SMILES string of the molecule is COc1ccc2ccc(O)c(-c3c[nH]c4cc(Br)ccc34)c2c1. The molecule has 0 spiro atoms. The zero-order valence-electron chi connectivity index (χ0n) is 12.4. The number of phenolic OH excluding ortho intramolecular Hbond substituents is 1. The summed E-state index contributed by atoms with van der Waals surface area (Å²) in [5.74, 6) is 1.03. The van der Waals surface area contributed by atoms with Crippen LogP contribution in [0.2, 0.25) is 0 Å². The second-order valence-corrected chi connectivity index (χ2v) is 6.35. The fraction of sp³-hybridized carbons (Fsp3) is 0.0526. The third-order valence-corrected chi connectivity index (χ3v) is 4.61. The van der Waals surface area contributed by atoms with Crippen LogP contribution < -0.4 is 4.74 Å². The quantitative estimate of drug-likeness (QED) is 0.493. The molecule has 4 heteroatoms. The van der Waals surface area contributed by atoms with E-state index in [1.54, 1.807) is 13.2 Å². The summed E-state index contributed by atoms with van der Waals surface area (Å²) in [5, 5.41) is 13.6. The van der Waals surface area contributed by atoms with Gasteiger partial charge in [-0.15, -0.1) is 0 Å². The molecule has 114 valence electrons. The predicted octanol–water partition coefficient (Wildman–Crippen LogP) is 5.46. The molecule has 0 bridgehead atoms. The first kappa shape index (κ1) is 14.2. The number of benzene rings is 3. The summed E-state index contributed by atoms with van der Waals surface area (Å²) in [6.07, 6.45) is 1.94. The number of H-pyrrole nitrogens is 1. The van der Waals surface area contributed by atoms with Crippen molar-refractivity contribution in [2.75, 3.05) is 7.11 Å². The van der Waals surface area contributed by atoms with Gasteiger partial charge in [0, 0.05) is 32.7 Å². The van der Waals surface area contributed by atoms with Crippen LogP contribution in [-0.4, -0.2) is 17.2 Å². The average molecular weight is 368 g/mol. The molecule has 0 unspecified atom stereocenters. The third-order valence-electron chi connectivity index (χ3n) is 4.12. The van der Waals surface area contributed by atoms with Crippen molar-refractivity contribution in [2.24, 2.45) is 0 Å². The number of fused-ring (bicyclic) bond motifs is 2. The molecule has 0 aliphatic carbocycles. The Labute approximate surface area is 141 Å². The minimum absolute atomic E-state index is 0.259. The number of phenols is 1. The van der Waals surface area contributed by atoms with Crippen LogP contribution in [0.5, 0.6) is 11.5 Å². The Hall–Kier alpha value is -2.46. The maximum Gasteiger partial charge on any atom is 0.124 e. The van der Waals surface area contributed by atoms with Gasteiger partial charge in [-0.25, -0.2) is 0 Å². The van der Waals surface area contributed by atoms with Gasteiger partial charge in [0.25, 0.3) is 0 Å². The van der Waals surface area contributed by atoms with Crippen LogP contribution in [0.3, 0.4) is 0 Å². The highest BCUT2D eigenvalue weighted by Crippen LogP contribution is 2.41. The van der Waals surface area contributed by atoms with Gasteiger partial charge in [0.05, 0.1) is 7.11 Å². The highest BCUT2D eigenvalue weighted by atomic mass is 79.9. The number of aromatic hydroxyl groups is 1. The molecular weight excluding hydrogens is 354 g/mol. The van der Waals surface area contributed by atoms with Crippen molar-refractivity contribution in [3.63, 3.8) is 0 Å². The standard InChI is InChI=1S/C19H14BrNO2/c1-23-13-5-2-11-3-7-18(22)19(15(11)9-13)16-10-21-17-8-12(20)4-6-14(16)17/h2-10,21-22H,1H3. The average Bonchev–Trinajstić information content (AvgIpc) is 2.96. The number of aromatic amines is 1. The maximum atomic E-state index is 10.5. The van der Waals surface area contributed by atoms with E-state index in [1.165, 1.54) is 0 Å². The van der Waals surface area contributed by atoms with Gasteiger partial charge in [0.15, 0.2) is 0 Å². The predicted molar refractivity (Wildman–Crippen MR) is 97.2 cm³/mol. The highest BCUT2D eigenvalue weighted by molar-refractivity contribution is 9.10. The molecule has 3 nitrogen and oxygen atoms in total. The summed E-state index contributed by atoms with van der Waals surface area (Å²) in [5.41, 5.74) is 2.81. The van der Waals surface area contributed by atoms with Crippen LogP contribution in [-0.2, 0) is 0 Å². The smallest absolute Gasteiger partial charge is 0.124 e. The van der Waals surface area contributed by atoms with E-state index in [1.807, 2.05) is 48.7 Å². The van der Waals surface area contributed by atoms with E-state index in [0.29, 0.717) is 0 Å². The molecule has 0 saturated carbocycles. The summed E-state index contributed by atoms with van der Waals surface area (Å²) in [6, 6.07) is 15.6. The second-order valence-electron chi connectivity index (χ2n) is 5.44. The fourth-order valence-corrected chi connectivity index (χ4v) is 3.36. The van der Waals surface area contributed by atoms with Crippen molar-refractivity contribution in [3.05, 3.63) is 59.2 Å². The minimum Gasteiger partial charge on any atom is -0.507 e. The Morgan fingerprint density at radius 2 is 1.83 bits per heavy atom. The van der Waals surface area contributed by atoms with Crippen molar-refractivity contribution >= 4 is 37.6 Å². The Morgan fingerprint density at radius 3 is 2.65 bits per heavy atom. The Bertz CT molecular complexity index is 1040. The molecule has 4 rings (SSSR count). The minimum atomic E-state index is 0.259. The zero-order chi connectivity index (χ0) is 16.0. The van der Waals surface area contributed by atoms with E-state index in [9.17, 15) is 5.11 Å². The molecule has 4 aromatic rings. The zero-order valence-corrected chi connectivity index (χ0v) is 14.0. The molecule has 0 aliphatic rings. The molecule has 0 atom stereocenters. The molecular formula is C19H14BrNO2. The molecule has 1 heterocycles. The van der Waals surface area contributed by atoms with Crippen LogP contribution >= 0.6 is 15.9 Å². The number of nitrogens with one attached hydrogen (secondary N) is 1. The normalized spacial score (nSPS) is 11.2. The summed E-state index contributed by atoms with van der Waals surface area (Å²) in [4.78, 5) is 3.28. The first-order chi connectivity index (χ1) is 11.2. The molecule has 0 aliphatic heterocycles. The Balaban J connectivity index is 2.08. The van der Waals surface area contributed by atoms with E-state index >= 15 is 0 Å². The van der Waals surface area contributed by atoms with Gasteiger partial charge in [-0.05, 0) is 41.1 Å². The van der Waals surface area contributed by atoms with Crippen LogP contribution in [0.1, 0.15) is 0 Å². The summed E-state index contributed by atoms with van der Waals surface area (Å²) in [7, 11) is 1.65. The highest BCUT2D eigenvalue weighted by Gasteiger charge is 2.14. The molecule has 0 radical (unpaired) electrons.